The molecule has 0 amide bonds. The van der Waals surface area contributed by atoms with Crippen molar-refractivity contribution < 1.29 is 13.2 Å². The van der Waals surface area contributed by atoms with E-state index in [-0.39, 0.29) is 4.90 Å². The minimum Gasteiger partial charge on any atom is -0.488 e. The highest BCUT2D eigenvalue weighted by Crippen LogP contribution is 2.31. The lowest BCUT2D eigenvalue weighted by molar-refractivity contribution is 0.304. The van der Waals surface area contributed by atoms with Crippen molar-refractivity contribution >= 4 is 49.7 Å². The third kappa shape index (κ3) is 5.16. The highest BCUT2D eigenvalue weighted by Gasteiger charge is 2.12. The topological polar surface area (TPSA) is 81.4 Å². The van der Waals surface area contributed by atoms with Gasteiger partial charge in [0.15, 0.2) is 0 Å². The molecule has 8 heteroatoms. The molecular weight excluding hydrogens is 467 g/mol. The molecule has 0 atom stereocenters. The van der Waals surface area contributed by atoms with Gasteiger partial charge in [-0.2, -0.15) is 0 Å². The third-order valence-electron chi connectivity index (χ3n) is 5.05. The molecule has 5 nitrogen and oxygen atoms in total. The Balaban J connectivity index is 1.60. The summed E-state index contributed by atoms with van der Waals surface area (Å²) < 4.78 is 29.1. The van der Waals surface area contributed by atoms with E-state index < -0.39 is 10.0 Å². The zero-order valence-corrected chi connectivity index (χ0v) is 19.2. The fourth-order valence-electron chi connectivity index (χ4n) is 3.38. The van der Waals surface area contributed by atoms with Crippen molar-refractivity contribution in [2.45, 2.75) is 18.0 Å². The van der Waals surface area contributed by atoms with Crippen LogP contribution in [-0.4, -0.2) is 8.42 Å². The molecule has 0 saturated carbocycles. The molecule has 0 spiro atoms. The van der Waals surface area contributed by atoms with Gasteiger partial charge in [0.1, 0.15) is 12.4 Å². The van der Waals surface area contributed by atoms with Crippen LogP contribution >= 0.6 is 23.2 Å². The molecular formula is C24H20Cl2N2O3S. The second-order valence-electron chi connectivity index (χ2n) is 7.21. The molecule has 0 fully saturated rings. The first-order valence-electron chi connectivity index (χ1n) is 9.75. The Bertz CT molecular complexity index is 1370. The fraction of sp³-hybridized carbons (Fsp3) is 0.0833. The largest absolute Gasteiger partial charge is 0.488 e. The molecule has 0 radical (unpaired) electrons. The Morgan fingerprint density at radius 2 is 1.66 bits per heavy atom. The van der Waals surface area contributed by atoms with Crippen molar-refractivity contribution in [1.82, 2.24) is 0 Å². The fourth-order valence-corrected chi connectivity index (χ4v) is 4.36. The van der Waals surface area contributed by atoms with E-state index in [1.165, 1.54) is 12.1 Å². The third-order valence-corrected chi connectivity index (χ3v) is 6.56. The number of ether oxygens (including phenoxy) is 1. The molecule has 0 heterocycles. The van der Waals surface area contributed by atoms with Crippen LogP contribution in [0.2, 0.25) is 10.0 Å². The summed E-state index contributed by atoms with van der Waals surface area (Å²) in [6.45, 7) is 0.768. The summed E-state index contributed by atoms with van der Waals surface area (Å²) in [4.78, 5) is 0.0667. The predicted molar refractivity (Wildman–Crippen MR) is 130 cm³/mol. The van der Waals surface area contributed by atoms with Gasteiger partial charge >= 0.3 is 0 Å². The van der Waals surface area contributed by atoms with Crippen molar-refractivity contribution in [3.8, 4) is 5.75 Å². The Morgan fingerprint density at radius 3 is 2.38 bits per heavy atom. The summed E-state index contributed by atoms with van der Waals surface area (Å²) in [5.74, 6) is 0.725. The Kier molecular flexibility index (Phi) is 6.58. The minimum atomic E-state index is -3.73. The number of sulfonamides is 1. The highest BCUT2D eigenvalue weighted by atomic mass is 35.5. The van der Waals surface area contributed by atoms with E-state index >= 15 is 0 Å². The first kappa shape index (κ1) is 22.4. The molecule has 3 N–H and O–H groups in total. The normalized spacial score (nSPS) is 11.5. The molecule has 0 aliphatic heterocycles. The molecule has 0 bridgehead atoms. The maximum absolute atomic E-state index is 11.5. The van der Waals surface area contributed by atoms with E-state index in [9.17, 15) is 8.42 Å². The average Bonchev–Trinajstić information content (AvgIpc) is 2.77. The molecule has 0 saturated heterocycles. The highest BCUT2D eigenvalue weighted by molar-refractivity contribution is 7.89. The predicted octanol–water partition coefficient (Wildman–Crippen LogP) is 5.99. The molecule has 164 valence electrons. The lowest BCUT2D eigenvalue weighted by Gasteiger charge is -2.16. The molecule has 0 aliphatic rings. The summed E-state index contributed by atoms with van der Waals surface area (Å²) in [6.07, 6.45) is 0. The van der Waals surface area contributed by atoms with E-state index in [1.807, 2.05) is 42.5 Å². The number of anilines is 1. The summed E-state index contributed by atoms with van der Waals surface area (Å²) >= 11 is 12.3. The van der Waals surface area contributed by atoms with Crippen LogP contribution < -0.4 is 15.2 Å². The van der Waals surface area contributed by atoms with E-state index in [0.717, 1.165) is 33.3 Å². The van der Waals surface area contributed by atoms with Crippen LogP contribution in [-0.2, 0) is 23.2 Å². The van der Waals surface area contributed by atoms with Crippen molar-refractivity contribution in [3.63, 3.8) is 0 Å². The smallest absolute Gasteiger partial charge is 0.238 e. The molecule has 4 rings (SSSR count). The Labute approximate surface area is 196 Å². The quantitative estimate of drug-likeness (QED) is 0.336. The standard InChI is InChI=1S/C24H20Cl2N2O3S/c25-18-7-5-17(23(26)13-18)15-31-24-12-6-16-3-1-2-4-21(16)22(24)14-28-19-8-10-20(11-9-19)32(27,29)30/h1-13,28H,14-15H2,(H2,27,29,30). The van der Waals surface area contributed by atoms with Crippen LogP contribution in [0.15, 0.2) is 83.8 Å². The van der Waals surface area contributed by atoms with Crippen molar-refractivity contribution in [3.05, 3.63) is 100 Å². The van der Waals surface area contributed by atoms with Gasteiger partial charge in [0, 0.05) is 33.4 Å². The summed E-state index contributed by atoms with van der Waals surface area (Å²) in [6, 6.07) is 23.6. The SMILES string of the molecule is NS(=O)(=O)c1ccc(NCc2c(OCc3ccc(Cl)cc3Cl)ccc3ccccc23)cc1. The average molecular weight is 487 g/mol. The number of halogens is 2. The van der Waals surface area contributed by atoms with Gasteiger partial charge < -0.3 is 10.1 Å². The first-order chi connectivity index (χ1) is 15.3. The van der Waals surface area contributed by atoms with Gasteiger partial charge in [0.2, 0.25) is 10.0 Å². The van der Waals surface area contributed by atoms with Gasteiger partial charge in [-0.15, -0.1) is 0 Å². The van der Waals surface area contributed by atoms with Crippen LogP contribution in [0.4, 0.5) is 5.69 Å². The second-order valence-corrected chi connectivity index (χ2v) is 9.62. The molecule has 0 unspecified atom stereocenters. The number of hydrogen-bond donors (Lipinski definition) is 2. The van der Waals surface area contributed by atoms with Crippen molar-refractivity contribution in [2.24, 2.45) is 5.14 Å². The van der Waals surface area contributed by atoms with E-state index in [1.54, 1.807) is 24.3 Å². The molecule has 4 aromatic rings. The van der Waals surface area contributed by atoms with Gasteiger partial charge in [0.25, 0.3) is 0 Å². The van der Waals surface area contributed by atoms with Gasteiger partial charge in [-0.05, 0) is 53.2 Å². The van der Waals surface area contributed by atoms with Gasteiger partial charge in [-0.3, -0.25) is 0 Å². The molecule has 32 heavy (non-hydrogen) atoms. The number of hydrogen-bond acceptors (Lipinski definition) is 4. The number of fused-ring (bicyclic) bond motifs is 1. The van der Waals surface area contributed by atoms with Crippen molar-refractivity contribution in [2.75, 3.05) is 5.32 Å². The van der Waals surface area contributed by atoms with Gasteiger partial charge in [0.05, 0.1) is 4.90 Å². The number of primary sulfonamides is 1. The van der Waals surface area contributed by atoms with E-state index in [4.69, 9.17) is 33.1 Å². The van der Waals surface area contributed by atoms with E-state index in [0.29, 0.717) is 23.2 Å². The van der Waals surface area contributed by atoms with Crippen LogP contribution in [0.3, 0.4) is 0 Å². The van der Waals surface area contributed by atoms with Crippen molar-refractivity contribution in [1.29, 1.82) is 0 Å². The molecule has 0 aliphatic carbocycles. The van der Waals surface area contributed by atoms with E-state index in [2.05, 4.69) is 5.32 Å². The monoisotopic (exact) mass is 486 g/mol. The van der Waals surface area contributed by atoms with Crippen LogP contribution in [0, 0.1) is 0 Å². The number of benzene rings is 4. The molecule has 4 aromatic carbocycles. The second kappa shape index (κ2) is 9.38. The Hall–Kier alpha value is -2.77. The Morgan fingerprint density at radius 1 is 0.906 bits per heavy atom. The number of nitrogens with two attached hydrogens (primary N) is 1. The lowest BCUT2D eigenvalue weighted by Crippen LogP contribution is -2.12. The maximum atomic E-state index is 11.5. The zero-order chi connectivity index (χ0) is 22.7. The summed E-state index contributed by atoms with van der Waals surface area (Å²) in [7, 11) is -3.73. The van der Waals surface area contributed by atoms with Crippen LogP contribution in [0.1, 0.15) is 11.1 Å². The summed E-state index contributed by atoms with van der Waals surface area (Å²) in [5.41, 5.74) is 2.57. The van der Waals surface area contributed by atoms with Gasteiger partial charge in [-0.1, -0.05) is 59.6 Å². The number of nitrogens with one attached hydrogen (secondary N) is 1. The van der Waals surface area contributed by atoms with Gasteiger partial charge in [-0.25, -0.2) is 13.6 Å². The lowest BCUT2D eigenvalue weighted by atomic mass is 10.0. The maximum Gasteiger partial charge on any atom is 0.238 e. The van der Waals surface area contributed by atoms with Crippen LogP contribution in [0.25, 0.3) is 10.8 Å². The zero-order valence-electron chi connectivity index (χ0n) is 16.9. The van der Waals surface area contributed by atoms with Crippen LogP contribution in [0.5, 0.6) is 5.75 Å². The number of rotatable bonds is 7. The summed E-state index contributed by atoms with van der Waals surface area (Å²) in [5, 5.41) is 11.8. The minimum absolute atomic E-state index is 0.0667. The first-order valence-corrected chi connectivity index (χ1v) is 12.1. The molecule has 0 aromatic heterocycles.